The SMILES string of the molecule is CCOc1ccc(/C=C2/SC(=O)N(Cc3ccccc3C#N)C2=O)cc1. The molecule has 0 radical (unpaired) electrons. The van der Waals surface area contributed by atoms with E-state index in [1.807, 2.05) is 31.2 Å². The van der Waals surface area contributed by atoms with Gasteiger partial charge in [0.25, 0.3) is 11.1 Å². The van der Waals surface area contributed by atoms with Crippen LogP contribution in [0.25, 0.3) is 6.08 Å². The zero-order chi connectivity index (χ0) is 18.5. The zero-order valence-corrected chi connectivity index (χ0v) is 15.0. The van der Waals surface area contributed by atoms with Gasteiger partial charge >= 0.3 is 0 Å². The van der Waals surface area contributed by atoms with Crippen LogP contribution in [-0.2, 0) is 11.3 Å². The summed E-state index contributed by atoms with van der Waals surface area (Å²) in [6, 6.07) is 16.4. The van der Waals surface area contributed by atoms with Crippen LogP contribution >= 0.6 is 11.8 Å². The highest BCUT2D eigenvalue weighted by Gasteiger charge is 2.35. The Morgan fingerprint density at radius 1 is 1.15 bits per heavy atom. The normalized spacial score (nSPS) is 15.4. The molecule has 0 bridgehead atoms. The van der Waals surface area contributed by atoms with Crippen molar-refractivity contribution >= 4 is 29.0 Å². The second-order valence-electron chi connectivity index (χ2n) is 5.54. The van der Waals surface area contributed by atoms with Crippen LogP contribution in [-0.4, -0.2) is 22.7 Å². The van der Waals surface area contributed by atoms with E-state index in [4.69, 9.17) is 10.00 Å². The van der Waals surface area contributed by atoms with Crippen molar-refractivity contribution in [3.63, 3.8) is 0 Å². The molecule has 1 fully saturated rings. The van der Waals surface area contributed by atoms with Crippen LogP contribution in [0.2, 0.25) is 0 Å². The number of imide groups is 1. The van der Waals surface area contributed by atoms with Gasteiger partial charge in [0.15, 0.2) is 0 Å². The second-order valence-corrected chi connectivity index (χ2v) is 6.53. The Balaban J connectivity index is 1.79. The van der Waals surface area contributed by atoms with Gasteiger partial charge in [-0.3, -0.25) is 14.5 Å². The minimum Gasteiger partial charge on any atom is -0.494 e. The molecule has 1 saturated heterocycles. The number of carbonyl (C=O) groups is 2. The van der Waals surface area contributed by atoms with E-state index in [1.54, 1.807) is 30.3 Å². The largest absolute Gasteiger partial charge is 0.494 e. The predicted octanol–water partition coefficient (Wildman–Crippen LogP) is 4.19. The first kappa shape index (κ1) is 17.8. The topological polar surface area (TPSA) is 70.4 Å². The van der Waals surface area contributed by atoms with E-state index < -0.39 is 0 Å². The molecule has 2 aromatic carbocycles. The van der Waals surface area contributed by atoms with Gasteiger partial charge in [0.05, 0.1) is 29.7 Å². The molecule has 0 N–H and O–H groups in total. The standard InChI is InChI=1S/C20H16N2O3S/c1-2-25-17-9-7-14(8-10-17)11-18-19(23)22(20(24)26-18)13-16-6-4-3-5-15(16)12-21/h3-11H,2,13H2,1H3/b18-11+. The molecule has 2 aromatic rings. The van der Waals surface area contributed by atoms with Crippen molar-refractivity contribution in [1.82, 2.24) is 4.90 Å². The molecule has 5 nitrogen and oxygen atoms in total. The first-order valence-corrected chi connectivity index (χ1v) is 8.90. The van der Waals surface area contributed by atoms with Crippen LogP contribution in [0.5, 0.6) is 5.75 Å². The van der Waals surface area contributed by atoms with Crippen molar-refractivity contribution < 1.29 is 14.3 Å². The monoisotopic (exact) mass is 364 g/mol. The van der Waals surface area contributed by atoms with Gasteiger partial charge in [-0.05, 0) is 54.1 Å². The van der Waals surface area contributed by atoms with Crippen LogP contribution < -0.4 is 4.74 Å². The molecule has 0 unspecified atom stereocenters. The molecule has 1 aliphatic heterocycles. The molecule has 1 aliphatic rings. The molecule has 130 valence electrons. The minimum atomic E-state index is -0.346. The number of thioether (sulfide) groups is 1. The van der Waals surface area contributed by atoms with Gasteiger partial charge in [-0.15, -0.1) is 0 Å². The highest BCUT2D eigenvalue weighted by atomic mass is 32.2. The van der Waals surface area contributed by atoms with Gasteiger partial charge in [-0.1, -0.05) is 30.3 Å². The molecule has 6 heteroatoms. The number of carbonyl (C=O) groups excluding carboxylic acids is 2. The van der Waals surface area contributed by atoms with E-state index in [-0.39, 0.29) is 17.7 Å². The van der Waals surface area contributed by atoms with Crippen molar-refractivity contribution in [2.45, 2.75) is 13.5 Å². The minimum absolute atomic E-state index is 0.0923. The molecule has 0 spiro atoms. The first-order valence-electron chi connectivity index (χ1n) is 8.08. The van der Waals surface area contributed by atoms with Crippen LogP contribution in [0.4, 0.5) is 4.79 Å². The molecule has 0 saturated carbocycles. The van der Waals surface area contributed by atoms with E-state index in [1.165, 1.54) is 4.90 Å². The number of nitriles is 1. The van der Waals surface area contributed by atoms with Gasteiger partial charge < -0.3 is 4.74 Å². The lowest BCUT2D eigenvalue weighted by molar-refractivity contribution is -0.123. The summed E-state index contributed by atoms with van der Waals surface area (Å²) >= 11 is 0.908. The fraction of sp³-hybridized carbons (Fsp3) is 0.150. The van der Waals surface area contributed by atoms with E-state index in [2.05, 4.69) is 6.07 Å². The third-order valence-corrected chi connectivity index (χ3v) is 4.74. The van der Waals surface area contributed by atoms with Crippen LogP contribution in [0.3, 0.4) is 0 Å². The Morgan fingerprint density at radius 2 is 1.88 bits per heavy atom. The van der Waals surface area contributed by atoms with Gasteiger partial charge in [0, 0.05) is 0 Å². The number of hydrogen-bond acceptors (Lipinski definition) is 5. The highest BCUT2D eigenvalue weighted by Crippen LogP contribution is 2.33. The highest BCUT2D eigenvalue weighted by molar-refractivity contribution is 8.18. The molecular weight excluding hydrogens is 348 g/mol. The van der Waals surface area contributed by atoms with Crippen molar-refractivity contribution in [3.8, 4) is 11.8 Å². The maximum absolute atomic E-state index is 12.6. The smallest absolute Gasteiger partial charge is 0.293 e. The number of rotatable bonds is 5. The Bertz CT molecular complexity index is 913. The molecule has 2 amide bonds. The number of hydrogen-bond donors (Lipinski definition) is 0. The predicted molar refractivity (Wildman–Crippen MR) is 100 cm³/mol. The summed E-state index contributed by atoms with van der Waals surface area (Å²) in [6.45, 7) is 2.59. The van der Waals surface area contributed by atoms with E-state index in [9.17, 15) is 9.59 Å². The van der Waals surface area contributed by atoms with E-state index >= 15 is 0 Å². The maximum Gasteiger partial charge on any atom is 0.293 e. The Morgan fingerprint density at radius 3 is 2.58 bits per heavy atom. The van der Waals surface area contributed by atoms with Gasteiger partial charge in [0.1, 0.15) is 5.75 Å². The lowest BCUT2D eigenvalue weighted by Gasteiger charge is -2.13. The Labute approximate surface area is 155 Å². The van der Waals surface area contributed by atoms with Crippen LogP contribution in [0, 0.1) is 11.3 Å². The lowest BCUT2D eigenvalue weighted by Crippen LogP contribution is -2.27. The van der Waals surface area contributed by atoms with Crippen LogP contribution in [0.15, 0.2) is 53.4 Å². The van der Waals surface area contributed by atoms with Crippen molar-refractivity contribution in [3.05, 3.63) is 70.1 Å². The molecule has 1 heterocycles. The molecule has 26 heavy (non-hydrogen) atoms. The molecule has 0 aliphatic carbocycles. The number of amides is 2. The zero-order valence-electron chi connectivity index (χ0n) is 14.1. The lowest BCUT2D eigenvalue weighted by atomic mass is 10.1. The van der Waals surface area contributed by atoms with Gasteiger partial charge in [0.2, 0.25) is 0 Å². The summed E-state index contributed by atoms with van der Waals surface area (Å²) in [5.41, 5.74) is 1.93. The summed E-state index contributed by atoms with van der Waals surface area (Å²) in [6.07, 6.45) is 1.69. The first-order chi connectivity index (χ1) is 12.6. The fourth-order valence-corrected chi connectivity index (χ4v) is 3.39. The average molecular weight is 364 g/mol. The summed E-state index contributed by atoms with van der Waals surface area (Å²) < 4.78 is 5.39. The fourth-order valence-electron chi connectivity index (χ4n) is 2.55. The number of benzene rings is 2. The van der Waals surface area contributed by atoms with E-state index in [0.717, 1.165) is 23.1 Å². The van der Waals surface area contributed by atoms with Crippen molar-refractivity contribution in [1.29, 1.82) is 5.26 Å². The van der Waals surface area contributed by atoms with E-state index in [0.29, 0.717) is 22.6 Å². The van der Waals surface area contributed by atoms with Crippen molar-refractivity contribution in [2.75, 3.05) is 6.61 Å². The summed E-state index contributed by atoms with van der Waals surface area (Å²) in [5.74, 6) is 0.410. The quantitative estimate of drug-likeness (QED) is 0.744. The molecule has 0 atom stereocenters. The molecule has 0 aromatic heterocycles. The molecule has 3 rings (SSSR count). The number of nitrogens with zero attached hydrogens (tertiary/aromatic N) is 2. The average Bonchev–Trinajstić information content (AvgIpc) is 2.91. The third kappa shape index (κ3) is 3.79. The van der Waals surface area contributed by atoms with Crippen molar-refractivity contribution in [2.24, 2.45) is 0 Å². The van der Waals surface area contributed by atoms with Gasteiger partial charge in [-0.2, -0.15) is 5.26 Å². The summed E-state index contributed by atoms with van der Waals surface area (Å²) in [7, 11) is 0. The molecular formula is C20H16N2O3S. The van der Waals surface area contributed by atoms with Gasteiger partial charge in [-0.25, -0.2) is 0 Å². The second kappa shape index (κ2) is 7.89. The Kier molecular flexibility index (Phi) is 5.40. The van der Waals surface area contributed by atoms with Crippen LogP contribution in [0.1, 0.15) is 23.6 Å². The number of ether oxygens (including phenoxy) is 1. The summed E-state index contributed by atoms with van der Waals surface area (Å²) in [4.78, 5) is 26.4. The third-order valence-electron chi connectivity index (χ3n) is 3.83. The Hall–Kier alpha value is -3.04. The summed E-state index contributed by atoms with van der Waals surface area (Å²) in [5, 5.41) is 8.83. The maximum atomic E-state index is 12.6.